The van der Waals surface area contributed by atoms with Crippen molar-refractivity contribution in [1.82, 2.24) is 24.6 Å². The zero-order valence-electron chi connectivity index (χ0n) is 18.3. The fourth-order valence-electron chi connectivity index (χ4n) is 3.71. The number of hydrogen-bond acceptors (Lipinski definition) is 6. The first-order valence-electron chi connectivity index (χ1n) is 10.9. The highest BCUT2D eigenvalue weighted by atomic mass is 16.5. The van der Waals surface area contributed by atoms with Crippen LogP contribution in [0.1, 0.15) is 57.5 Å². The van der Waals surface area contributed by atoms with Crippen molar-refractivity contribution in [2.45, 2.75) is 51.4 Å². The lowest BCUT2D eigenvalue weighted by Gasteiger charge is -2.36. The topological polar surface area (TPSA) is 59.3 Å². The Bertz CT molecular complexity index is 815. The molecule has 2 fully saturated rings. The molecule has 2 aromatic rings. The molecule has 0 bridgehead atoms. The molecule has 2 aromatic heterocycles. The van der Waals surface area contributed by atoms with E-state index in [1.807, 2.05) is 13.1 Å². The van der Waals surface area contributed by atoms with Gasteiger partial charge in [-0.05, 0) is 19.3 Å². The van der Waals surface area contributed by atoms with Gasteiger partial charge in [-0.3, -0.25) is 4.90 Å². The summed E-state index contributed by atoms with van der Waals surface area (Å²) in [6.45, 7) is 12.6. The van der Waals surface area contributed by atoms with Gasteiger partial charge in [-0.1, -0.05) is 20.8 Å². The fraction of sp³-hybridized carbons (Fsp3) is 0.682. The van der Waals surface area contributed by atoms with E-state index in [2.05, 4.69) is 41.7 Å². The summed E-state index contributed by atoms with van der Waals surface area (Å²) in [6, 6.07) is 4.15. The van der Waals surface area contributed by atoms with E-state index >= 15 is 0 Å². The van der Waals surface area contributed by atoms with Crippen molar-refractivity contribution in [3.63, 3.8) is 0 Å². The Morgan fingerprint density at radius 3 is 2.48 bits per heavy atom. The molecule has 1 aliphatic carbocycles. The van der Waals surface area contributed by atoms with Crippen LogP contribution in [0.2, 0.25) is 0 Å². The van der Waals surface area contributed by atoms with Gasteiger partial charge in [0.05, 0.1) is 12.8 Å². The van der Waals surface area contributed by atoms with Crippen LogP contribution >= 0.6 is 0 Å². The summed E-state index contributed by atoms with van der Waals surface area (Å²) in [4.78, 5) is 14.8. The first-order chi connectivity index (χ1) is 13.9. The number of anilines is 1. The van der Waals surface area contributed by atoms with Gasteiger partial charge in [0.15, 0.2) is 0 Å². The molecule has 1 saturated heterocycles. The predicted octanol–water partition coefficient (Wildman–Crippen LogP) is 2.98. The molecular weight excluding hydrogens is 364 g/mol. The van der Waals surface area contributed by atoms with Gasteiger partial charge in [0, 0.05) is 68.9 Å². The Balaban J connectivity index is 1.29. The summed E-state index contributed by atoms with van der Waals surface area (Å²) >= 11 is 0. The molecule has 0 spiro atoms. The average Bonchev–Trinajstić information content (AvgIpc) is 3.47. The molecule has 1 saturated carbocycles. The Morgan fingerprint density at radius 2 is 1.86 bits per heavy atom. The predicted molar refractivity (Wildman–Crippen MR) is 115 cm³/mol. The van der Waals surface area contributed by atoms with E-state index in [9.17, 15) is 0 Å². The van der Waals surface area contributed by atoms with Crippen LogP contribution in [0.4, 0.5) is 5.82 Å². The standard InChI is InChI=1S/C22H34N6O/c1-22(2,3)21-24-18(17-6-7-17)16-19(25-21)28-13-11-27(12-14-28)10-5-15-29-20-8-9-23-26(20)4/h8-9,16-17H,5-7,10-15H2,1-4H3. The lowest BCUT2D eigenvalue weighted by molar-refractivity contribution is 0.218. The van der Waals surface area contributed by atoms with Gasteiger partial charge in [0.25, 0.3) is 0 Å². The quantitative estimate of drug-likeness (QED) is 0.669. The molecule has 0 atom stereocenters. The number of rotatable bonds is 7. The van der Waals surface area contributed by atoms with Crippen LogP contribution in [0.3, 0.4) is 0 Å². The molecule has 0 amide bonds. The number of hydrogen-bond donors (Lipinski definition) is 0. The SMILES string of the molecule is Cn1nccc1OCCCN1CCN(c2cc(C3CC3)nc(C(C)(C)C)n2)CC1. The maximum absolute atomic E-state index is 5.79. The van der Waals surface area contributed by atoms with Crippen LogP contribution in [0.25, 0.3) is 0 Å². The van der Waals surface area contributed by atoms with E-state index in [-0.39, 0.29) is 5.41 Å². The van der Waals surface area contributed by atoms with E-state index in [0.29, 0.717) is 5.92 Å². The Kier molecular flexibility index (Phi) is 5.76. The van der Waals surface area contributed by atoms with Crippen molar-refractivity contribution in [2.24, 2.45) is 7.05 Å². The van der Waals surface area contributed by atoms with Crippen LogP contribution in [-0.4, -0.2) is 64.0 Å². The molecule has 29 heavy (non-hydrogen) atoms. The van der Waals surface area contributed by atoms with Crippen molar-refractivity contribution in [3.05, 3.63) is 29.8 Å². The third kappa shape index (κ3) is 5.07. The third-order valence-electron chi connectivity index (χ3n) is 5.74. The van der Waals surface area contributed by atoms with E-state index in [1.165, 1.54) is 18.5 Å². The van der Waals surface area contributed by atoms with E-state index in [1.54, 1.807) is 10.9 Å². The summed E-state index contributed by atoms with van der Waals surface area (Å²) in [5.74, 6) is 3.58. The van der Waals surface area contributed by atoms with Gasteiger partial charge in [-0.15, -0.1) is 0 Å². The fourth-order valence-corrected chi connectivity index (χ4v) is 3.71. The van der Waals surface area contributed by atoms with Crippen molar-refractivity contribution in [1.29, 1.82) is 0 Å². The zero-order chi connectivity index (χ0) is 20.4. The highest BCUT2D eigenvalue weighted by Crippen LogP contribution is 2.40. The molecule has 158 valence electrons. The van der Waals surface area contributed by atoms with Gasteiger partial charge in [-0.25, -0.2) is 14.6 Å². The van der Waals surface area contributed by atoms with Crippen LogP contribution in [0.5, 0.6) is 5.88 Å². The molecule has 3 heterocycles. The molecule has 7 nitrogen and oxygen atoms in total. The van der Waals surface area contributed by atoms with Crippen LogP contribution in [0, 0.1) is 0 Å². The van der Waals surface area contributed by atoms with E-state index in [4.69, 9.17) is 14.7 Å². The number of aryl methyl sites for hydroxylation is 1. The van der Waals surface area contributed by atoms with Crippen LogP contribution < -0.4 is 9.64 Å². The van der Waals surface area contributed by atoms with Crippen molar-refractivity contribution in [2.75, 3.05) is 44.2 Å². The normalized spacial score (nSPS) is 18.3. The Morgan fingerprint density at radius 1 is 1.10 bits per heavy atom. The Labute approximate surface area is 174 Å². The van der Waals surface area contributed by atoms with Crippen molar-refractivity contribution in [3.8, 4) is 5.88 Å². The molecule has 4 rings (SSSR count). The number of piperazine rings is 1. The van der Waals surface area contributed by atoms with Gasteiger partial charge >= 0.3 is 0 Å². The minimum atomic E-state index is -0.0185. The smallest absolute Gasteiger partial charge is 0.211 e. The summed E-state index contributed by atoms with van der Waals surface area (Å²) < 4.78 is 7.56. The zero-order valence-corrected chi connectivity index (χ0v) is 18.3. The monoisotopic (exact) mass is 398 g/mol. The van der Waals surface area contributed by atoms with Gasteiger partial charge in [0.2, 0.25) is 5.88 Å². The average molecular weight is 399 g/mol. The lowest BCUT2D eigenvalue weighted by atomic mass is 9.95. The second-order valence-corrected chi connectivity index (χ2v) is 9.32. The van der Waals surface area contributed by atoms with Crippen LogP contribution in [0.15, 0.2) is 18.3 Å². The summed E-state index contributed by atoms with van der Waals surface area (Å²) in [7, 11) is 1.90. The maximum Gasteiger partial charge on any atom is 0.211 e. The minimum absolute atomic E-state index is 0.0185. The molecule has 1 aliphatic heterocycles. The molecule has 0 aromatic carbocycles. The van der Waals surface area contributed by atoms with Crippen molar-refractivity contribution < 1.29 is 4.74 Å². The summed E-state index contributed by atoms with van der Waals surface area (Å²) in [5.41, 5.74) is 1.23. The van der Waals surface area contributed by atoms with Crippen LogP contribution in [-0.2, 0) is 12.5 Å². The van der Waals surface area contributed by atoms with Gasteiger partial charge < -0.3 is 9.64 Å². The minimum Gasteiger partial charge on any atom is -0.478 e. The lowest BCUT2D eigenvalue weighted by Crippen LogP contribution is -2.47. The highest BCUT2D eigenvalue weighted by molar-refractivity contribution is 5.42. The maximum atomic E-state index is 5.79. The second kappa shape index (κ2) is 8.30. The van der Waals surface area contributed by atoms with E-state index in [0.717, 1.165) is 63.3 Å². The van der Waals surface area contributed by atoms with Crippen molar-refractivity contribution >= 4 is 5.82 Å². The summed E-state index contributed by atoms with van der Waals surface area (Å²) in [6.07, 6.45) is 5.34. The molecule has 7 heteroatoms. The first kappa shape index (κ1) is 20.1. The molecule has 0 radical (unpaired) electrons. The summed E-state index contributed by atoms with van der Waals surface area (Å²) in [5, 5.41) is 4.13. The number of aromatic nitrogens is 4. The molecule has 2 aliphatic rings. The largest absolute Gasteiger partial charge is 0.478 e. The Hall–Kier alpha value is -2.15. The van der Waals surface area contributed by atoms with E-state index < -0.39 is 0 Å². The first-order valence-corrected chi connectivity index (χ1v) is 10.9. The highest BCUT2D eigenvalue weighted by Gasteiger charge is 2.29. The van der Waals surface area contributed by atoms with Gasteiger partial charge in [-0.2, -0.15) is 5.10 Å². The van der Waals surface area contributed by atoms with Gasteiger partial charge in [0.1, 0.15) is 11.6 Å². The third-order valence-corrected chi connectivity index (χ3v) is 5.74. The molecule has 0 N–H and O–H groups in total. The number of nitrogens with zero attached hydrogens (tertiary/aromatic N) is 6. The number of ether oxygens (including phenoxy) is 1. The molecular formula is C22H34N6O. The second-order valence-electron chi connectivity index (χ2n) is 9.32. The molecule has 0 unspecified atom stereocenters.